The number of hydrogen-bond acceptors (Lipinski definition) is 10. The highest BCUT2D eigenvalue weighted by Gasteiger charge is 2.50. The molecule has 0 spiro atoms. The molecule has 5 aliphatic rings. The van der Waals surface area contributed by atoms with E-state index in [9.17, 15) is 38.4 Å². The molecule has 0 aromatic heterocycles. The van der Waals surface area contributed by atoms with Crippen molar-refractivity contribution >= 4 is 47.4 Å². The van der Waals surface area contributed by atoms with Gasteiger partial charge in [0.05, 0.1) is 41.4 Å². The number of carbonyl (C=O) groups is 8. The summed E-state index contributed by atoms with van der Waals surface area (Å²) in [6, 6.07) is 42.7. The fraction of sp³-hybridized carbons (Fsp3) is 0.465. The summed E-state index contributed by atoms with van der Waals surface area (Å²) in [5.74, 6) is -4.94. The first kappa shape index (κ1) is 61.9. The fourth-order valence-electron chi connectivity index (χ4n) is 12.6. The van der Waals surface area contributed by atoms with Gasteiger partial charge in [0.1, 0.15) is 5.60 Å². The third kappa shape index (κ3) is 16.7. The molecule has 5 aromatic rings. The van der Waals surface area contributed by atoms with Gasteiger partial charge in [-0.05, 0) is 118 Å². The summed E-state index contributed by atoms with van der Waals surface area (Å²) in [6.07, 6.45) is 12.4. The number of carbonyl (C=O) groups excluding carboxylic acids is 8. The Morgan fingerprint density at radius 3 is 1.09 bits per heavy atom. The van der Waals surface area contributed by atoms with E-state index in [1.54, 1.807) is 79.1 Å². The number of esters is 2. The van der Waals surface area contributed by atoms with Gasteiger partial charge in [0.2, 0.25) is 23.6 Å². The van der Waals surface area contributed by atoms with Crippen LogP contribution >= 0.6 is 0 Å². The molecule has 87 heavy (non-hydrogen) atoms. The molecule has 2 aliphatic heterocycles. The average molecular weight is 1180 g/mol. The maximum absolute atomic E-state index is 14.3. The summed E-state index contributed by atoms with van der Waals surface area (Å²) < 4.78 is 10.8. The number of unbranched alkanes of at least 4 members (excludes halogenated alkanes) is 9. The molecule has 0 unspecified atom stereocenters. The normalized spacial score (nSPS) is 23.4. The van der Waals surface area contributed by atoms with E-state index < -0.39 is 41.2 Å². The molecule has 2 saturated heterocycles. The molecule has 3 saturated carbocycles. The zero-order valence-corrected chi connectivity index (χ0v) is 50.5. The Bertz CT molecular complexity index is 3130. The van der Waals surface area contributed by atoms with E-state index in [-0.39, 0.29) is 97.5 Å². The van der Waals surface area contributed by atoms with Gasteiger partial charge in [-0.15, -0.1) is 0 Å². The predicted octanol–water partition coefficient (Wildman–Crippen LogP) is 9.91. The molecule has 3 aliphatic carbocycles. The van der Waals surface area contributed by atoms with Crippen LogP contribution < -0.4 is 21.3 Å². The highest BCUT2D eigenvalue weighted by atomic mass is 16.6. The van der Waals surface area contributed by atoms with Gasteiger partial charge in [-0.25, -0.2) is 9.59 Å². The molecule has 458 valence electrons. The quantitative estimate of drug-likeness (QED) is 0.0289. The van der Waals surface area contributed by atoms with Crippen LogP contribution in [-0.4, -0.2) is 120 Å². The summed E-state index contributed by atoms with van der Waals surface area (Å²) in [5, 5.41) is 12.7. The Kier molecular flexibility index (Phi) is 20.3. The zero-order chi connectivity index (χ0) is 61.0. The second-order valence-corrected chi connectivity index (χ2v) is 25.6. The van der Waals surface area contributed by atoms with Crippen molar-refractivity contribution in [1.29, 1.82) is 0 Å². The van der Waals surface area contributed by atoms with E-state index in [1.807, 2.05) is 54.6 Å². The topological polar surface area (TPSA) is 210 Å². The van der Waals surface area contributed by atoms with Crippen LogP contribution in [0.25, 0.3) is 0 Å². The van der Waals surface area contributed by atoms with Gasteiger partial charge in [-0.2, -0.15) is 0 Å². The summed E-state index contributed by atoms with van der Waals surface area (Å²) in [6.45, 7) is 6.49. The molecule has 16 heteroatoms. The molecule has 0 radical (unpaired) electrons. The van der Waals surface area contributed by atoms with Crippen LogP contribution in [0, 0.1) is 23.7 Å². The lowest BCUT2D eigenvalue weighted by molar-refractivity contribution is -0.133. The fourth-order valence-corrected chi connectivity index (χ4v) is 12.6. The maximum atomic E-state index is 14.3. The van der Waals surface area contributed by atoms with Crippen LogP contribution in [0.3, 0.4) is 0 Å². The summed E-state index contributed by atoms with van der Waals surface area (Å²) >= 11 is 0. The highest BCUT2D eigenvalue weighted by molar-refractivity contribution is 6.00. The number of nitrogens with zero attached hydrogens (tertiary/aromatic N) is 2. The molecule has 6 amide bonds. The molecule has 4 N–H and O–H groups in total. The lowest BCUT2D eigenvalue weighted by Crippen LogP contribution is -2.43. The summed E-state index contributed by atoms with van der Waals surface area (Å²) in [5.41, 5.74) is 4.25. The predicted molar refractivity (Wildman–Crippen MR) is 330 cm³/mol. The van der Waals surface area contributed by atoms with Gasteiger partial charge < -0.3 is 40.5 Å². The molecule has 10 atom stereocenters. The van der Waals surface area contributed by atoms with E-state index in [0.29, 0.717) is 35.4 Å². The molecular formula is C71H84N6O10. The van der Waals surface area contributed by atoms with Crippen LogP contribution in [0.1, 0.15) is 180 Å². The zero-order valence-electron chi connectivity index (χ0n) is 50.5. The first-order valence-electron chi connectivity index (χ1n) is 31.6. The summed E-state index contributed by atoms with van der Waals surface area (Å²) in [4.78, 5) is 113. The second-order valence-electron chi connectivity index (χ2n) is 25.6. The Morgan fingerprint density at radius 1 is 0.402 bits per heavy atom. The lowest BCUT2D eigenvalue weighted by Gasteiger charge is -2.19. The van der Waals surface area contributed by atoms with Crippen LogP contribution in [0.2, 0.25) is 0 Å². The Labute approximate surface area is 511 Å². The van der Waals surface area contributed by atoms with E-state index in [1.165, 1.54) is 0 Å². The Balaban J connectivity index is 0.672. The Hall–Kier alpha value is -8.14. The number of ether oxygens (including phenoxy) is 2. The number of likely N-dealkylation sites (tertiary alicyclic amines) is 2. The maximum Gasteiger partial charge on any atom is 0.338 e. The van der Waals surface area contributed by atoms with Gasteiger partial charge in [0, 0.05) is 79.7 Å². The Morgan fingerprint density at radius 2 is 0.724 bits per heavy atom. The minimum absolute atomic E-state index is 0.0468. The highest BCUT2D eigenvalue weighted by Crippen LogP contribution is 2.44. The largest absolute Gasteiger partial charge is 0.462 e. The third-order valence-corrected chi connectivity index (χ3v) is 17.8. The molecule has 2 heterocycles. The van der Waals surface area contributed by atoms with Gasteiger partial charge in [-0.1, -0.05) is 142 Å². The van der Waals surface area contributed by atoms with Crippen LogP contribution in [-0.2, 0) is 28.7 Å². The van der Waals surface area contributed by atoms with Crippen LogP contribution in [0.5, 0.6) is 0 Å². The van der Waals surface area contributed by atoms with Crippen molar-refractivity contribution in [3.05, 3.63) is 178 Å². The number of rotatable bonds is 27. The standard InChI is InChI=1S/C71H84N6O10/c1-71(2,3)87-70(85)52-35-33-51(34-36-52)69(84)86-38-22-11-9-7-5-4-6-8-10-21-37-72-63(78)56-42-76(43-57(56)64(79)73-60-39-53(60)46-23-15-12-16-24-46)67(82)49-29-31-50(32-30-49)68(83)77-44-58(65(80)74-61-40-54(61)47-25-17-13-18-26-47)59(45-77)66(81)75-62-41-55(62)48-27-19-14-20-28-48/h12-20,23-36,53-62H,4-11,21-22,37-45H2,1-3H3,(H,72,78)(H,73,79)(H,74,80)(H,75,81)/t53-,54-,55-,56-,57-,58-,59-,60+,61+,62+/m1/s1. The minimum Gasteiger partial charge on any atom is -0.462 e. The van der Waals surface area contributed by atoms with Crippen molar-refractivity contribution in [3.63, 3.8) is 0 Å². The van der Waals surface area contributed by atoms with Gasteiger partial charge >= 0.3 is 11.9 Å². The smallest absolute Gasteiger partial charge is 0.338 e. The van der Waals surface area contributed by atoms with Crippen molar-refractivity contribution in [1.82, 2.24) is 31.1 Å². The van der Waals surface area contributed by atoms with E-state index in [2.05, 4.69) is 57.7 Å². The molecule has 10 rings (SSSR count). The molecule has 5 fully saturated rings. The molecular weight excluding hydrogens is 1100 g/mol. The minimum atomic E-state index is -0.753. The van der Waals surface area contributed by atoms with Gasteiger partial charge in [0.25, 0.3) is 11.8 Å². The molecule has 16 nitrogen and oxygen atoms in total. The summed E-state index contributed by atoms with van der Waals surface area (Å²) in [7, 11) is 0. The van der Waals surface area contributed by atoms with Gasteiger partial charge in [0.15, 0.2) is 0 Å². The number of hydrogen-bond donors (Lipinski definition) is 4. The van der Waals surface area contributed by atoms with E-state index in [4.69, 9.17) is 9.47 Å². The van der Waals surface area contributed by atoms with Crippen molar-refractivity contribution < 1.29 is 47.8 Å². The van der Waals surface area contributed by atoms with E-state index >= 15 is 0 Å². The number of benzene rings is 5. The molecule has 5 aromatic carbocycles. The first-order valence-corrected chi connectivity index (χ1v) is 31.6. The van der Waals surface area contributed by atoms with E-state index in [0.717, 1.165) is 100 Å². The van der Waals surface area contributed by atoms with Crippen LogP contribution in [0.4, 0.5) is 0 Å². The lowest BCUT2D eigenvalue weighted by atomic mass is 9.94. The second kappa shape index (κ2) is 28.6. The monoisotopic (exact) mass is 1180 g/mol. The van der Waals surface area contributed by atoms with Crippen molar-refractivity contribution in [2.45, 2.75) is 146 Å². The third-order valence-electron chi connectivity index (χ3n) is 17.8. The van der Waals surface area contributed by atoms with Crippen molar-refractivity contribution in [3.8, 4) is 0 Å². The number of nitrogens with one attached hydrogen (secondary N) is 4. The van der Waals surface area contributed by atoms with Gasteiger partial charge in [-0.3, -0.25) is 28.8 Å². The van der Waals surface area contributed by atoms with Crippen molar-refractivity contribution in [2.24, 2.45) is 23.7 Å². The molecule has 0 bridgehead atoms. The average Bonchev–Trinajstić information content (AvgIpc) is 2.83. The van der Waals surface area contributed by atoms with Crippen LogP contribution in [0.15, 0.2) is 140 Å². The number of amides is 6. The first-order chi connectivity index (χ1) is 42.1. The SMILES string of the molecule is CC(C)(C)OC(=O)c1ccc(C(=O)OCCCCCCCCCCCCNC(=O)[C@@H]2CN(C(=O)c3ccc(C(=O)N4C[C@@H](C(=O)N[C@H]5C[C@@H]5c5ccccc5)[C@H](C(=O)N[C@H]5C[C@@H]5c5ccccc5)C4)cc3)C[C@H]2C(=O)N[C@H]2C[C@@H]2c2ccccc2)cc1. The van der Waals surface area contributed by atoms with Crippen molar-refractivity contribution in [2.75, 3.05) is 39.3 Å².